The zero-order valence-electron chi connectivity index (χ0n) is 17.6. The maximum atomic E-state index is 12.8. The summed E-state index contributed by atoms with van der Waals surface area (Å²) in [5.41, 5.74) is 4.42. The number of benzene rings is 1. The summed E-state index contributed by atoms with van der Waals surface area (Å²) in [7, 11) is 0. The average molecular weight is 451 g/mol. The number of aryl methyl sites for hydroxylation is 2. The van der Waals surface area contributed by atoms with E-state index in [9.17, 15) is 22.8 Å². The zero-order chi connectivity index (χ0) is 22.9. The second kappa shape index (κ2) is 8.84. The fraction of sp³-hybridized carbons (Fsp3) is 0.500. The highest BCUT2D eigenvalue weighted by atomic mass is 19.4. The number of ether oxygens (including phenoxy) is 2. The number of halogens is 3. The molecule has 2 aliphatic carbocycles. The van der Waals surface area contributed by atoms with Gasteiger partial charge in [-0.25, -0.2) is 9.59 Å². The van der Waals surface area contributed by atoms with Gasteiger partial charge in [-0.15, -0.1) is 0 Å². The van der Waals surface area contributed by atoms with Crippen LogP contribution in [0.1, 0.15) is 47.6 Å². The van der Waals surface area contributed by atoms with Crippen molar-refractivity contribution in [1.82, 2.24) is 9.78 Å². The molecule has 1 N–H and O–H groups in total. The summed E-state index contributed by atoms with van der Waals surface area (Å²) in [5, 5.41) is 6.43. The molecule has 7 nitrogen and oxygen atoms in total. The van der Waals surface area contributed by atoms with Gasteiger partial charge in [0.25, 0.3) is 0 Å². The van der Waals surface area contributed by atoms with Crippen molar-refractivity contribution in [2.45, 2.75) is 64.3 Å². The second-order valence-electron chi connectivity index (χ2n) is 7.95. The Morgan fingerprint density at radius 2 is 1.81 bits per heavy atom. The van der Waals surface area contributed by atoms with Gasteiger partial charge in [0.1, 0.15) is 0 Å². The van der Waals surface area contributed by atoms with Crippen LogP contribution in [0.15, 0.2) is 18.5 Å². The summed E-state index contributed by atoms with van der Waals surface area (Å²) in [5.74, 6) is -0.852. The Bertz CT molecular complexity index is 1000. The van der Waals surface area contributed by atoms with Crippen LogP contribution in [0.5, 0.6) is 0 Å². The van der Waals surface area contributed by atoms with E-state index in [2.05, 4.69) is 16.5 Å². The van der Waals surface area contributed by atoms with Crippen molar-refractivity contribution in [3.8, 4) is 0 Å². The predicted molar refractivity (Wildman–Crippen MR) is 108 cm³/mol. The van der Waals surface area contributed by atoms with E-state index in [0.29, 0.717) is 6.20 Å². The first-order valence-electron chi connectivity index (χ1n) is 10.7. The molecule has 1 heterocycles. The Kier molecular flexibility index (Phi) is 6.12. The van der Waals surface area contributed by atoms with Gasteiger partial charge in [0, 0.05) is 6.20 Å². The van der Waals surface area contributed by atoms with E-state index >= 15 is 0 Å². The molecule has 0 radical (unpaired) electrons. The lowest BCUT2D eigenvalue weighted by atomic mass is 9.99. The fourth-order valence-electron chi connectivity index (χ4n) is 4.40. The van der Waals surface area contributed by atoms with E-state index < -0.39 is 36.5 Å². The third kappa shape index (κ3) is 4.58. The first-order valence-corrected chi connectivity index (χ1v) is 10.7. The summed E-state index contributed by atoms with van der Waals surface area (Å²) in [6.07, 6.45) is 0.189. The SMILES string of the molecule is CCOC(=O)C(Cn1cc(C(F)(F)F)cn1)OC(=O)Nc1c2c(cc3c1CCC3)CCC2. The lowest BCUT2D eigenvalue weighted by Gasteiger charge is -2.19. The van der Waals surface area contributed by atoms with Crippen LogP contribution in [0.2, 0.25) is 0 Å². The minimum atomic E-state index is -4.57. The molecule has 0 spiro atoms. The van der Waals surface area contributed by atoms with Crippen LogP contribution in [-0.4, -0.2) is 34.6 Å². The molecule has 172 valence electrons. The van der Waals surface area contributed by atoms with E-state index in [0.717, 1.165) is 66.2 Å². The molecule has 0 fully saturated rings. The number of aromatic nitrogens is 2. The van der Waals surface area contributed by atoms with Crippen LogP contribution in [0, 0.1) is 0 Å². The normalized spacial score (nSPS) is 15.8. The molecule has 1 aromatic heterocycles. The lowest BCUT2D eigenvalue weighted by Crippen LogP contribution is -2.35. The minimum Gasteiger partial charge on any atom is -0.463 e. The molecule has 1 amide bonds. The Labute approximate surface area is 182 Å². The highest BCUT2D eigenvalue weighted by molar-refractivity contribution is 5.90. The highest BCUT2D eigenvalue weighted by Crippen LogP contribution is 2.38. The molecule has 1 unspecified atom stereocenters. The smallest absolute Gasteiger partial charge is 0.419 e. The summed E-state index contributed by atoms with van der Waals surface area (Å²) >= 11 is 0. The molecule has 1 aromatic carbocycles. The number of rotatable bonds is 6. The number of hydrogen-bond donors (Lipinski definition) is 1. The fourth-order valence-corrected chi connectivity index (χ4v) is 4.40. The Balaban J connectivity index is 1.51. The quantitative estimate of drug-likeness (QED) is 0.670. The van der Waals surface area contributed by atoms with Gasteiger partial charge in [-0.3, -0.25) is 10.00 Å². The molecule has 2 aliphatic rings. The number of anilines is 1. The monoisotopic (exact) mass is 451 g/mol. The number of alkyl halides is 3. The molecule has 4 rings (SSSR count). The molecular formula is C22H24F3N3O4. The summed E-state index contributed by atoms with van der Waals surface area (Å²) in [6, 6.07) is 2.22. The molecule has 0 bridgehead atoms. The number of nitrogens with one attached hydrogen (secondary N) is 1. The third-order valence-corrected chi connectivity index (χ3v) is 5.81. The number of hydrogen-bond acceptors (Lipinski definition) is 5. The van der Waals surface area contributed by atoms with Gasteiger partial charge >= 0.3 is 18.2 Å². The van der Waals surface area contributed by atoms with Gasteiger partial charge in [0.15, 0.2) is 0 Å². The van der Waals surface area contributed by atoms with Gasteiger partial charge < -0.3 is 9.47 Å². The van der Waals surface area contributed by atoms with Crippen molar-refractivity contribution in [2.75, 3.05) is 11.9 Å². The first-order chi connectivity index (χ1) is 15.3. The summed E-state index contributed by atoms with van der Waals surface area (Å²) in [6.45, 7) is 1.22. The van der Waals surface area contributed by atoms with Gasteiger partial charge in [-0.2, -0.15) is 18.3 Å². The second-order valence-corrected chi connectivity index (χ2v) is 7.95. The maximum Gasteiger partial charge on any atom is 0.419 e. The maximum absolute atomic E-state index is 12.8. The average Bonchev–Trinajstić information content (AvgIpc) is 3.47. The van der Waals surface area contributed by atoms with Gasteiger partial charge in [-0.05, 0) is 67.7 Å². The molecule has 2 aromatic rings. The van der Waals surface area contributed by atoms with Crippen molar-refractivity contribution in [1.29, 1.82) is 0 Å². The standard InChI is InChI=1S/C22H24F3N3O4/c1-2-31-20(29)18(12-28-11-15(10-26-28)22(23,24)25)32-21(30)27-19-16-7-3-5-13(16)9-14-6-4-8-17(14)19/h9-11,18H,2-8,12H2,1H3,(H,27,30). The topological polar surface area (TPSA) is 82.5 Å². The molecule has 0 saturated carbocycles. The van der Waals surface area contributed by atoms with Crippen LogP contribution < -0.4 is 5.32 Å². The van der Waals surface area contributed by atoms with Crippen molar-refractivity contribution < 1.29 is 32.2 Å². The van der Waals surface area contributed by atoms with Crippen molar-refractivity contribution in [2.24, 2.45) is 0 Å². The van der Waals surface area contributed by atoms with E-state index in [1.807, 2.05) is 0 Å². The highest BCUT2D eigenvalue weighted by Gasteiger charge is 2.33. The van der Waals surface area contributed by atoms with Crippen LogP contribution in [0.25, 0.3) is 0 Å². The Hall–Kier alpha value is -3.04. The molecular weight excluding hydrogens is 427 g/mol. The molecule has 0 saturated heterocycles. The Morgan fingerprint density at radius 1 is 1.16 bits per heavy atom. The summed E-state index contributed by atoms with van der Waals surface area (Å²) in [4.78, 5) is 25.1. The predicted octanol–water partition coefficient (Wildman–Crippen LogP) is 4.06. The van der Waals surface area contributed by atoms with Crippen molar-refractivity contribution in [3.05, 3.63) is 46.3 Å². The van der Waals surface area contributed by atoms with Crippen molar-refractivity contribution in [3.63, 3.8) is 0 Å². The Morgan fingerprint density at radius 3 is 2.38 bits per heavy atom. The molecule has 32 heavy (non-hydrogen) atoms. The van der Waals surface area contributed by atoms with Crippen LogP contribution in [-0.2, 0) is 52.7 Å². The van der Waals surface area contributed by atoms with Gasteiger partial charge in [0.05, 0.1) is 30.6 Å². The third-order valence-electron chi connectivity index (χ3n) is 5.81. The molecule has 1 atom stereocenters. The number of carbonyl (C=O) groups excluding carboxylic acids is 2. The van der Waals surface area contributed by atoms with Crippen LogP contribution in [0.4, 0.5) is 23.7 Å². The summed E-state index contributed by atoms with van der Waals surface area (Å²) < 4.78 is 49.7. The zero-order valence-corrected chi connectivity index (χ0v) is 17.6. The molecule has 10 heteroatoms. The van der Waals surface area contributed by atoms with Crippen LogP contribution in [0.3, 0.4) is 0 Å². The number of fused-ring (bicyclic) bond motifs is 2. The van der Waals surface area contributed by atoms with Gasteiger partial charge in [0.2, 0.25) is 6.10 Å². The molecule has 0 aliphatic heterocycles. The van der Waals surface area contributed by atoms with Crippen LogP contribution >= 0.6 is 0 Å². The minimum absolute atomic E-state index is 0.0346. The van der Waals surface area contributed by atoms with Crippen molar-refractivity contribution >= 4 is 17.7 Å². The number of nitrogens with zero attached hydrogens (tertiary/aromatic N) is 2. The number of carbonyl (C=O) groups is 2. The largest absolute Gasteiger partial charge is 0.463 e. The van der Waals surface area contributed by atoms with E-state index in [1.54, 1.807) is 6.92 Å². The van der Waals surface area contributed by atoms with Gasteiger partial charge in [-0.1, -0.05) is 6.07 Å². The van der Waals surface area contributed by atoms with E-state index in [4.69, 9.17) is 9.47 Å². The van der Waals surface area contributed by atoms with E-state index in [1.165, 1.54) is 11.1 Å². The number of esters is 1. The lowest BCUT2D eigenvalue weighted by molar-refractivity contribution is -0.153. The number of amides is 1. The van der Waals surface area contributed by atoms with E-state index in [-0.39, 0.29) is 6.61 Å². The first kappa shape index (κ1) is 22.2.